The van der Waals surface area contributed by atoms with Gasteiger partial charge < -0.3 is 4.42 Å². The highest BCUT2D eigenvalue weighted by Crippen LogP contribution is 2.20. The number of fused-ring (bicyclic) bond motifs is 1. The van der Waals surface area contributed by atoms with Gasteiger partial charge in [-0.25, -0.2) is 0 Å². The van der Waals surface area contributed by atoms with E-state index in [4.69, 9.17) is 9.83 Å². The van der Waals surface area contributed by atoms with Gasteiger partial charge in [-0.3, -0.25) is 5.41 Å². The largest absolute Gasteiger partial charge is 0.438 e. The van der Waals surface area contributed by atoms with Crippen LogP contribution in [0.4, 0.5) is 0 Å². The molecule has 18 heavy (non-hydrogen) atoms. The molecule has 1 aromatic heterocycles. The molecular weight excluding hydrogens is 290 g/mol. The summed E-state index contributed by atoms with van der Waals surface area (Å²) in [5.74, 6) is 0. The van der Waals surface area contributed by atoms with Crippen LogP contribution in [0, 0.1) is 5.41 Å². The standard InChI is InChI=1S/C15H11NO.BrH/c16-15-13(11-6-2-1-3-7-11)10-12-8-4-5-9-14(12)17-15;/h1-10,16H;1H. The topological polar surface area (TPSA) is 37.0 Å². The molecule has 3 rings (SSSR count). The molecule has 0 spiro atoms. The van der Waals surface area contributed by atoms with Crippen molar-refractivity contribution in [3.05, 3.63) is 66.2 Å². The molecule has 0 radical (unpaired) electrons. The van der Waals surface area contributed by atoms with E-state index in [0.717, 1.165) is 22.1 Å². The van der Waals surface area contributed by atoms with E-state index in [0.29, 0.717) is 0 Å². The summed E-state index contributed by atoms with van der Waals surface area (Å²) < 4.78 is 5.51. The summed E-state index contributed by atoms with van der Waals surface area (Å²) in [5, 5.41) is 8.94. The van der Waals surface area contributed by atoms with Gasteiger partial charge in [-0.2, -0.15) is 0 Å². The third kappa shape index (κ3) is 2.22. The molecule has 0 saturated carbocycles. The molecular formula is C15H12BrNO. The van der Waals surface area contributed by atoms with E-state index in [1.54, 1.807) is 0 Å². The zero-order valence-corrected chi connectivity index (χ0v) is 11.3. The van der Waals surface area contributed by atoms with Crippen molar-refractivity contribution in [3.8, 4) is 11.1 Å². The normalized spacial score (nSPS) is 10.0. The van der Waals surface area contributed by atoms with Gasteiger partial charge in [0.1, 0.15) is 5.58 Å². The molecule has 0 atom stereocenters. The molecule has 2 aromatic carbocycles. The summed E-state index contributed by atoms with van der Waals surface area (Å²) in [6.07, 6.45) is 0. The Morgan fingerprint density at radius 1 is 0.833 bits per heavy atom. The number of benzene rings is 2. The van der Waals surface area contributed by atoms with Gasteiger partial charge in [0.15, 0.2) is 0 Å². The average molecular weight is 302 g/mol. The van der Waals surface area contributed by atoms with E-state index in [2.05, 4.69) is 0 Å². The summed E-state index contributed by atoms with van der Waals surface area (Å²) in [5.41, 5.74) is 2.78. The summed E-state index contributed by atoms with van der Waals surface area (Å²) in [6.45, 7) is 0. The van der Waals surface area contributed by atoms with Crippen LogP contribution < -0.4 is 5.55 Å². The van der Waals surface area contributed by atoms with Crippen LogP contribution in [0.2, 0.25) is 0 Å². The lowest BCUT2D eigenvalue weighted by atomic mass is 10.1. The van der Waals surface area contributed by atoms with E-state index in [1.807, 2.05) is 60.7 Å². The van der Waals surface area contributed by atoms with Crippen LogP contribution in [0.5, 0.6) is 0 Å². The summed E-state index contributed by atoms with van der Waals surface area (Å²) >= 11 is 0. The molecule has 2 nitrogen and oxygen atoms in total. The minimum Gasteiger partial charge on any atom is -0.438 e. The molecule has 1 heterocycles. The molecule has 0 fully saturated rings. The molecule has 3 aromatic rings. The van der Waals surface area contributed by atoms with E-state index in [-0.39, 0.29) is 22.5 Å². The summed E-state index contributed by atoms with van der Waals surface area (Å²) in [4.78, 5) is 0. The fourth-order valence-corrected chi connectivity index (χ4v) is 1.91. The maximum absolute atomic E-state index is 7.92. The van der Waals surface area contributed by atoms with Crippen LogP contribution in [-0.4, -0.2) is 0 Å². The SMILES string of the molecule is Br.N=c1oc2ccccc2cc1-c1ccccc1. The lowest BCUT2D eigenvalue weighted by molar-refractivity contribution is 0.536. The zero-order chi connectivity index (χ0) is 11.7. The van der Waals surface area contributed by atoms with Gasteiger partial charge in [-0.15, -0.1) is 17.0 Å². The highest BCUT2D eigenvalue weighted by atomic mass is 79.9. The quantitative estimate of drug-likeness (QED) is 0.720. The van der Waals surface area contributed by atoms with Crippen LogP contribution in [0.25, 0.3) is 22.1 Å². The van der Waals surface area contributed by atoms with Gasteiger partial charge in [-0.1, -0.05) is 48.5 Å². The highest BCUT2D eigenvalue weighted by molar-refractivity contribution is 8.93. The van der Waals surface area contributed by atoms with Crippen molar-refractivity contribution < 1.29 is 4.42 Å². The van der Waals surface area contributed by atoms with Gasteiger partial charge >= 0.3 is 0 Å². The number of hydrogen-bond acceptors (Lipinski definition) is 2. The Balaban J connectivity index is 0.00000120. The third-order valence-electron chi connectivity index (χ3n) is 2.76. The van der Waals surface area contributed by atoms with Crippen molar-refractivity contribution in [1.82, 2.24) is 0 Å². The minimum absolute atomic E-state index is 0. The minimum atomic E-state index is 0. The molecule has 0 aliphatic rings. The Bertz CT molecular complexity index is 719. The van der Waals surface area contributed by atoms with Crippen molar-refractivity contribution in [2.75, 3.05) is 0 Å². The second-order valence-electron chi connectivity index (χ2n) is 3.89. The van der Waals surface area contributed by atoms with E-state index in [9.17, 15) is 0 Å². The van der Waals surface area contributed by atoms with Crippen molar-refractivity contribution >= 4 is 28.0 Å². The van der Waals surface area contributed by atoms with Crippen molar-refractivity contribution in [2.45, 2.75) is 0 Å². The second kappa shape index (κ2) is 5.19. The van der Waals surface area contributed by atoms with Crippen LogP contribution in [0.3, 0.4) is 0 Å². The first-order valence-corrected chi connectivity index (χ1v) is 5.47. The fourth-order valence-electron chi connectivity index (χ4n) is 1.91. The zero-order valence-electron chi connectivity index (χ0n) is 9.59. The molecule has 0 aliphatic heterocycles. The maximum Gasteiger partial charge on any atom is 0.219 e. The number of halogens is 1. The van der Waals surface area contributed by atoms with Gasteiger partial charge in [0, 0.05) is 10.9 Å². The second-order valence-corrected chi connectivity index (χ2v) is 3.89. The molecule has 0 aliphatic carbocycles. The predicted molar refractivity (Wildman–Crippen MR) is 77.8 cm³/mol. The Morgan fingerprint density at radius 3 is 2.28 bits per heavy atom. The Labute approximate surface area is 115 Å². The average Bonchev–Trinajstić information content (AvgIpc) is 2.39. The number of nitrogens with one attached hydrogen (secondary N) is 1. The summed E-state index contributed by atoms with van der Waals surface area (Å²) in [7, 11) is 0. The van der Waals surface area contributed by atoms with Gasteiger partial charge in [0.25, 0.3) is 0 Å². The first kappa shape index (κ1) is 12.6. The monoisotopic (exact) mass is 301 g/mol. The van der Waals surface area contributed by atoms with Gasteiger partial charge in [0.2, 0.25) is 5.55 Å². The smallest absolute Gasteiger partial charge is 0.219 e. The Kier molecular flexibility index (Phi) is 3.63. The van der Waals surface area contributed by atoms with E-state index in [1.165, 1.54) is 0 Å². The van der Waals surface area contributed by atoms with Gasteiger partial charge in [0.05, 0.1) is 0 Å². The Morgan fingerprint density at radius 2 is 1.50 bits per heavy atom. The Hall–Kier alpha value is -1.87. The molecule has 90 valence electrons. The summed E-state index contributed by atoms with van der Waals surface area (Å²) in [6, 6.07) is 19.6. The third-order valence-corrected chi connectivity index (χ3v) is 2.76. The number of hydrogen-bond donors (Lipinski definition) is 1. The maximum atomic E-state index is 7.92. The highest BCUT2D eigenvalue weighted by Gasteiger charge is 2.03. The molecule has 0 amide bonds. The predicted octanol–water partition coefficient (Wildman–Crippen LogP) is 4.16. The molecule has 0 saturated heterocycles. The van der Waals surface area contributed by atoms with Gasteiger partial charge in [-0.05, 0) is 17.7 Å². The number of para-hydroxylation sites is 1. The van der Waals surface area contributed by atoms with E-state index < -0.39 is 0 Å². The molecule has 0 bridgehead atoms. The van der Waals surface area contributed by atoms with Crippen LogP contribution in [0.15, 0.2) is 65.1 Å². The molecule has 1 N–H and O–H groups in total. The van der Waals surface area contributed by atoms with Crippen molar-refractivity contribution in [1.29, 1.82) is 5.41 Å². The fraction of sp³-hybridized carbons (Fsp3) is 0. The molecule has 3 heteroatoms. The first-order chi connectivity index (χ1) is 8.34. The van der Waals surface area contributed by atoms with Crippen LogP contribution in [-0.2, 0) is 0 Å². The van der Waals surface area contributed by atoms with Crippen molar-refractivity contribution in [2.24, 2.45) is 0 Å². The van der Waals surface area contributed by atoms with Crippen LogP contribution in [0.1, 0.15) is 0 Å². The lowest BCUT2D eigenvalue weighted by Gasteiger charge is -2.03. The lowest BCUT2D eigenvalue weighted by Crippen LogP contribution is -2.02. The number of rotatable bonds is 1. The molecule has 0 unspecified atom stereocenters. The van der Waals surface area contributed by atoms with Crippen molar-refractivity contribution in [3.63, 3.8) is 0 Å². The van der Waals surface area contributed by atoms with E-state index >= 15 is 0 Å². The van der Waals surface area contributed by atoms with Crippen LogP contribution >= 0.6 is 17.0 Å². The first-order valence-electron chi connectivity index (χ1n) is 5.47.